The highest BCUT2D eigenvalue weighted by Crippen LogP contribution is 2.06. The second-order valence-electron chi connectivity index (χ2n) is 2.77. The molecular weight excluding hydrogens is 192 g/mol. The third-order valence-corrected chi connectivity index (χ3v) is 3.73. The van der Waals surface area contributed by atoms with E-state index < -0.39 is 16.6 Å². The highest BCUT2D eigenvalue weighted by atomic mass is 32.2. The van der Waals surface area contributed by atoms with Gasteiger partial charge in [-0.1, -0.05) is 0 Å². The number of nitriles is 1. The molecule has 0 spiro atoms. The van der Waals surface area contributed by atoms with Gasteiger partial charge in [0.1, 0.15) is 0 Å². The van der Waals surface area contributed by atoms with E-state index in [0.717, 1.165) is 4.31 Å². The van der Waals surface area contributed by atoms with E-state index in [1.165, 1.54) is 7.05 Å². The van der Waals surface area contributed by atoms with Crippen LogP contribution in [0.2, 0.25) is 0 Å². The maximum absolute atomic E-state index is 11.3. The number of sulfonamides is 1. The van der Waals surface area contributed by atoms with Crippen LogP contribution in [0.5, 0.6) is 0 Å². The Bertz CT molecular complexity index is 281. The molecule has 0 bridgehead atoms. The monoisotopic (exact) mass is 206 g/mol. The molecule has 0 amide bonds. The Kier molecular flexibility index (Phi) is 4.91. The molecule has 0 saturated carbocycles. The van der Waals surface area contributed by atoms with Crippen molar-refractivity contribution in [1.29, 1.82) is 5.26 Å². The highest BCUT2D eigenvalue weighted by molar-refractivity contribution is 7.89. The van der Waals surface area contributed by atoms with Crippen molar-refractivity contribution >= 4 is 10.0 Å². The Labute approximate surface area is 78.6 Å². The van der Waals surface area contributed by atoms with Gasteiger partial charge in [-0.2, -0.15) is 5.26 Å². The number of aliphatic hydroxyl groups is 1. The zero-order valence-electron chi connectivity index (χ0n) is 7.77. The number of aliphatic hydroxyl groups excluding tert-OH is 1. The summed E-state index contributed by atoms with van der Waals surface area (Å²) < 4.78 is 23.7. The second kappa shape index (κ2) is 5.17. The van der Waals surface area contributed by atoms with Gasteiger partial charge >= 0.3 is 0 Å². The summed E-state index contributed by atoms with van der Waals surface area (Å²) >= 11 is 0. The van der Waals surface area contributed by atoms with Gasteiger partial charge in [0.25, 0.3) is 0 Å². The average molecular weight is 206 g/mol. The van der Waals surface area contributed by atoms with E-state index in [9.17, 15) is 8.42 Å². The summed E-state index contributed by atoms with van der Waals surface area (Å²) in [5, 5.41) is 16.9. The molecule has 0 aromatic heterocycles. The van der Waals surface area contributed by atoms with Crippen LogP contribution in [-0.2, 0) is 10.0 Å². The van der Waals surface area contributed by atoms with Gasteiger partial charge in [0, 0.05) is 13.1 Å². The fourth-order valence-electron chi connectivity index (χ4n) is 0.794. The van der Waals surface area contributed by atoms with Crippen LogP contribution < -0.4 is 0 Å². The molecular formula is C7H14N2O3S. The van der Waals surface area contributed by atoms with E-state index in [0.29, 0.717) is 0 Å². The first-order valence-electron chi connectivity index (χ1n) is 3.89. The highest BCUT2D eigenvalue weighted by Gasteiger charge is 2.21. The second-order valence-corrected chi connectivity index (χ2v) is 4.92. The van der Waals surface area contributed by atoms with Crippen LogP contribution >= 0.6 is 0 Å². The Morgan fingerprint density at radius 1 is 1.62 bits per heavy atom. The summed E-state index contributed by atoms with van der Waals surface area (Å²) in [6.07, 6.45) is 0.154. The fraction of sp³-hybridized carbons (Fsp3) is 0.857. The van der Waals surface area contributed by atoms with Gasteiger partial charge < -0.3 is 5.11 Å². The van der Waals surface area contributed by atoms with Gasteiger partial charge in [0.05, 0.1) is 24.8 Å². The third kappa shape index (κ3) is 3.72. The molecule has 76 valence electrons. The van der Waals surface area contributed by atoms with Crippen LogP contribution in [0.1, 0.15) is 13.3 Å². The lowest BCUT2D eigenvalue weighted by molar-refractivity contribution is 0.312. The molecule has 0 aliphatic rings. The predicted molar refractivity (Wildman–Crippen MR) is 48.3 cm³/mol. The number of rotatable bonds is 5. The summed E-state index contributed by atoms with van der Waals surface area (Å²) in [5.41, 5.74) is 0. The quantitative estimate of drug-likeness (QED) is 0.660. The Morgan fingerprint density at radius 3 is 2.54 bits per heavy atom. The summed E-state index contributed by atoms with van der Waals surface area (Å²) in [7, 11) is -1.99. The van der Waals surface area contributed by atoms with Crippen molar-refractivity contribution in [3.8, 4) is 6.07 Å². The van der Waals surface area contributed by atoms with Crippen LogP contribution in [0.4, 0.5) is 0 Å². The topological polar surface area (TPSA) is 81.4 Å². The minimum absolute atomic E-state index is 0.154. The van der Waals surface area contributed by atoms with Crippen molar-refractivity contribution in [2.45, 2.75) is 19.4 Å². The molecule has 0 rings (SSSR count). The Hall–Kier alpha value is -0.640. The molecule has 0 aliphatic carbocycles. The normalized spacial score (nSPS) is 14.1. The van der Waals surface area contributed by atoms with E-state index in [4.69, 9.17) is 10.4 Å². The summed E-state index contributed by atoms with van der Waals surface area (Å²) in [6.45, 7) is 1.25. The van der Waals surface area contributed by atoms with E-state index in [1.54, 1.807) is 6.92 Å². The molecule has 0 aromatic rings. The van der Waals surface area contributed by atoms with Crippen LogP contribution in [0.3, 0.4) is 0 Å². The third-order valence-electron chi connectivity index (χ3n) is 1.80. The van der Waals surface area contributed by atoms with Gasteiger partial charge in [0.15, 0.2) is 0 Å². The smallest absolute Gasteiger partial charge is 0.216 e. The molecule has 0 heterocycles. The van der Waals surface area contributed by atoms with Crippen LogP contribution in [-0.4, -0.2) is 43.3 Å². The minimum Gasteiger partial charge on any atom is -0.395 e. The largest absolute Gasteiger partial charge is 0.395 e. The van der Waals surface area contributed by atoms with Crippen LogP contribution in [0.15, 0.2) is 0 Å². The Morgan fingerprint density at radius 2 is 2.15 bits per heavy atom. The summed E-state index contributed by atoms with van der Waals surface area (Å²) in [5.74, 6) is -0.292. The molecule has 1 N–H and O–H groups in total. The van der Waals surface area contributed by atoms with Crippen molar-refractivity contribution in [3.05, 3.63) is 0 Å². The Balaban J connectivity index is 4.42. The molecule has 0 fully saturated rings. The summed E-state index contributed by atoms with van der Waals surface area (Å²) in [4.78, 5) is 0. The first kappa shape index (κ1) is 12.4. The van der Waals surface area contributed by atoms with E-state index in [1.807, 2.05) is 6.07 Å². The van der Waals surface area contributed by atoms with Gasteiger partial charge in [-0.25, -0.2) is 12.7 Å². The maximum atomic E-state index is 11.3. The van der Waals surface area contributed by atoms with E-state index >= 15 is 0 Å². The van der Waals surface area contributed by atoms with Crippen molar-refractivity contribution < 1.29 is 13.5 Å². The van der Waals surface area contributed by atoms with Gasteiger partial charge in [-0.05, 0) is 6.92 Å². The summed E-state index contributed by atoms with van der Waals surface area (Å²) in [6, 6.07) is 1.55. The number of hydrogen-bond donors (Lipinski definition) is 1. The SMILES string of the molecule is CC(CC#N)N(C)S(=O)(=O)CCO. The van der Waals surface area contributed by atoms with E-state index in [2.05, 4.69) is 0 Å². The van der Waals surface area contributed by atoms with Crippen LogP contribution in [0, 0.1) is 11.3 Å². The zero-order chi connectivity index (χ0) is 10.5. The first-order chi connectivity index (χ1) is 5.95. The molecule has 1 unspecified atom stereocenters. The number of nitrogens with zero attached hydrogens (tertiary/aromatic N) is 2. The predicted octanol–water partition coefficient (Wildman–Crippen LogP) is -0.458. The van der Waals surface area contributed by atoms with Crippen molar-refractivity contribution in [1.82, 2.24) is 4.31 Å². The van der Waals surface area contributed by atoms with Crippen molar-refractivity contribution in [2.75, 3.05) is 19.4 Å². The first-order valence-corrected chi connectivity index (χ1v) is 5.50. The molecule has 0 saturated heterocycles. The van der Waals surface area contributed by atoms with Gasteiger partial charge in [-0.3, -0.25) is 0 Å². The van der Waals surface area contributed by atoms with Crippen molar-refractivity contribution in [3.63, 3.8) is 0 Å². The minimum atomic E-state index is -3.40. The fourth-order valence-corrected chi connectivity index (χ4v) is 1.94. The van der Waals surface area contributed by atoms with Crippen molar-refractivity contribution in [2.24, 2.45) is 0 Å². The lowest BCUT2D eigenvalue weighted by Gasteiger charge is -2.21. The molecule has 0 radical (unpaired) electrons. The lowest BCUT2D eigenvalue weighted by atomic mass is 10.3. The maximum Gasteiger partial charge on any atom is 0.216 e. The molecule has 6 heteroatoms. The molecule has 1 atom stereocenters. The standard InChI is InChI=1S/C7H14N2O3S/c1-7(3-4-8)9(2)13(11,12)6-5-10/h7,10H,3,5-6H2,1-2H3. The number of hydrogen-bond acceptors (Lipinski definition) is 4. The molecule has 0 aromatic carbocycles. The van der Waals surface area contributed by atoms with Gasteiger partial charge in [-0.15, -0.1) is 0 Å². The molecule has 13 heavy (non-hydrogen) atoms. The lowest BCUT2D eigenvalue weighted by Crippen LogP contribution is -2.37. The van der Waals surface area contributed by atoms with Gasteiger partial charge in [0.2, 0.25) is 10.0 Å². The average Bonchev–Trinajstić information content (AvgIpc) is 2.03. The molecule has 5 nitrogen and oxygen atoms in total. The zero-order valence-corrected chi connectivity index (χ0v) is 8.58. The van der Waals surface area contributed by atoms with Crippen LogP contribution in [0.25, 0.3) is 0 Å². The van der Waals surface area contributed by atoms with E-state index in [-0.39, 0.29) is 18.2 Å². The molecule has 0 aliphatic heterocycles.